The zero-order valence-corrected chi connectivity index (χ0v) is 12.7. The van der Waals surface area contributed by atoms with Gasteiger partial charge in [0.15, 0.2) is 0 Å². The van der Waals surface area contributed by atoms with Gasteiger partial charge in [-0.15, -0.1) is 0 Å². The maximum Gasteiger partial charge on any atom is 0.230 e. The molecule has 1 fully saturated rings. The second-order valence-corrected chi connectivity index (χ2v) is 6.03. The molecule has 1 aromatic rings. The van der Waals surface area contributed by atoms with E-state index in [1.807, 2.05) is 38.1 Å². The number of hydrogen-bond donors (Lipinski definition) is 1. The lowest BCUT2D eigenvalue weighted by Crippen LogP contribution is -2.43. The Morgan fingerprint density at radius 1 is 1.35 bits per heavy atom. The Balaban J connectivity index is 2.05. The van der Waals surface area contributed by atoms with E-state index in [0.717, 1.165) is 30.9 Å². The van der Waals surface area contributed by atoms with Crippen molar-refractivity contribution in [2.45, 2.75) is 26.3 Å². The molecule has 0 atom stereocenters. The fourth-order valence-electron chi connectivity index (χ4n) is 2.32. The number of likely N-dealkylation sites (N-methyl/N-ethyl adjacent to an activating group) is 1. The topological polar surface area (TPSA) is 62.7 Å². The van der Waals surface area contributed by atoms with E-state index in [1.54, 1.807) is 0 Å². The molecule has 0 radical (unpaired) electrons. The maximum atomic E-state index is 12.7. The summed E-state index contributed by atoms with van der Waals surface area (Å²) in [7, 11) is 4.02. The minimum atomic E-state index is -0.298. The van der Waals surface area contributed by atoms with Gasteiger partial charge in [0.25, 0.3) is 0 Å². The molecular weight excluding hydrogens is 254 g/mol. The molecule has 112 valence electrons. The van der Waals surface area contributed by atoms with E-state index in [9.17, 15) is 4.79 Å². The lowest BCUT2D eigenvalue weighted by Gasteiger charge is -2.27. The highest BCUT2D eigenvalue weighted by molar-refractivity contribution is 5.85. The van der Waals surface area contributed by atoms with Crippen molar-refractivity contribution in [1.82, 2.24) is 9.80 Å². The highest BCUT2D eigenvalue weighted by Gasteiger charge is 2.50. The number of aryl methyl sites for hydroxylation is 1. The third-order valence-corrected chi connectivity index (χ3v) is 3.95. The molecule has 0 spiro atoms. The molecule has 1 amide bonds. The monoisotopic (exact) mass is 279 g/mol. The number of hydrogen-bond acceptors (Lipinski definition) is 4. The predicted molar refractivity (Wildman–Crippen MR) is 78.1 cm³/mol. The summed E-state index contributed by atoms with van der Waals surface area (Å²) in [5, 5.41) is 0. The van der Waals surface area contributed by atoms with Crippen LogP contribution in [0.2, 0.25) is 0 Å². The van der Waals surface area contributed by atoms with Crippen LogP contribution in [0.15, 0.2) is 16.5 Å². The SMILES string of the molecule is Cc1ccc(CN(CCN(C)C)C(=O)C2(CN)CC2)o1. The first kappa shape index (κ1) is 15.1. The van der Waals surface area contributed by atoms with E-state index in [-0.39, 0.29) is 11.3 Å². The number of amides is 1. The first-order valence-corrected chi connectivity index (χ1v) is 7.16. The standard InChI is InChI=1S/C15H25N3O2/c1-12-4-5-13(20-12)10-18(9-8-17(2)3)14(19)15(11-16)6-7-15/h4-5H,6-11,16H2,1-3H3. The minimum absolute atomic E-state index is 0.177. The second-order valence-electron chi connectivity index (χ2n) is 6.03. The van der Waals surface area contributed by atoms with Gasteiger partial charge in [0.05, 0.1) is 12.0 Å². The van der Waals surface area contributed by atoms with E-state index in [1.165, 1.54) is 0 Å². The van der Waals surface area contributed by atoms with Crippen LogP contribution in [0, 0.1) is 12.3 Å². The average molecular weight is 279 g/mol. The van der Waals surface area contributed by atoms with Crippen LogP contribution in [0.1, 0.15) is 24.4 Å². The van der Waals surface area contributed by atoms with E-state index in [4.69, 9.17) is 10.2 Å². The fourth-order valence-corrected chi connectivity index (χ4v) is 2.32. The number of nitrogens with zero attached hydrogens (tertiary/aromatic N) is 2. The van der Waals surface area contributed by atoms with Gasteiger partial charge in [-0.05, 0) is 46.0 Å². The maximum absolute atomic E-state index is 12.7. The Kier molecular flexibility index (Phi) is 4.50. The molecule has 1 saturated carbocycles. The van der Waals surface area contributed by atoms with Crippen LogP contribution >= 0.6 is 0 Å². The van der Waals surface area contributed by atoms with E-state index in [2.05, 4.69) is 4.90 Å². The van der Waals surface area contributed by atoms with Gasteiger partial charge in [0.2, 0.25) is 5.91 Å². The van der Waals surface area contributed by atoms with Crippen molar-refractivity contribution < 1.29 is 9.21 Å². The second kappa shape index (κ2) is 5.97. The van der Waals surface area contributed by atoms with Crippen LogP contribution in [0.3, 0.4) is 0 Å². The van der Waals surface area contributed by atoms with Crippen LogP contribution in [0.5, 0.6) is 0 Å². The third-order valence-electron chi connectivity index (χ3n) is 3.95. The Morgan fingerprint density at radius 2 is 2.05 bits per heavy atom. The zero-order valence-electron chi connectivity index (χ0n) is 12.7. The Hall–Kier alpha value is -1.33. The zero-order chi connectivity index (χ0) is 14.8. The van der Waals surface area contributed by atoms with Crippen molar-refractivity contribution in [2.24, 2.45) is 11.1 Å². The van der Waals surface area contributed by atoms with Gasteiger partial charge >= 0.3 is 0 Å². The minimum Gasteiger partial charge on any atom is -0.464 e. The molecule has 2 rings (SSSR count). The molecule has 1 aromatic heterocycles. The van der Waals surface area contributed by atoms with Gasteiger partial charge in [0.1, 0.15) is 11.5 Å². The van der Waals surface area contributed by atoms with Gasteiger partial charge < -0.3 is 20.0 Å². The molecule has 0 aliphatic heterocycles. The molecule has 0 saturated heterocycles. The summed E-state index contributed by atoms with van der Waals surface area (Å²) in [6, 6.07) is 3.87. The summed E-state index contributed by atoms with van der Waals surface area (Å²) in [5.41, 5.74) is 5.48. The number of carbonyl (C=O) groups is 1. The molecule has 20 heavy (non-hydrogen) atoms. The molecule has 0 bridgehead atoms. The van der Waals surface area contributed by atoms with Gasteiger partial charge in [-0.25, -0.2) is 0 Å². The van der Waals surface area contributed by atoms with Crippen molar-refractivity contribution in [3.8, 4) is 0 Å². The molecule has 5 nitrogen and oxygen atoms in total. The molecule has 1 aliphatic carbocycles. The summed E-state index contributed by atoms with van der Waals surface area (Å²) in [4.78, 5) is 16.6. The third kappa shape index (κ3) is 3.41. The Bertz CT molecular complexity index is 463. The molecule has 0 unspecified atom stereocenters. The fraction of sp³-hybridized carbons (Fsp3) is 0.667. The highest BCUT2D eigenvalue weighted by Crippen LogP contribution is 2.46. The molecule has 0 aromatic carbocycles. The number of carbonyl (C=O) groups excluding carboxylic acids is 1. The smallest absolute Gasteiger partial charge is 0.230 e. The van der Waals surface area contributed by atoms with Gasteiger partial charge in [-0.2, -0.15) is 0 Å². The van der Waals surface area contributed by atoms with Gasteiger partial charge in [-0.1, -0.05) is 0 Å². The average Bonchev–Trinajstić information content (AvgIpc) is 3.11. The van der Waals surface area contributed by atoms with Crippen molar-refractivity contribution in [3.63, 3.8) is 0 Å². The van der Waals surface area contributed by atoms with Crippen molar-refractivity contribution in [2.75, 3.05) is 33.7 Å². The normalized spacial score (nSPS) is 16.4. The molecule has 1 aliphatic rings. The lowest BCUT2D eigenvalue weighted by atomic mass is 10.1. The number of rotatable bonds is 7. The van der Waals surface area contributed by atoms with Gasteiger partial charge in [-0.3, -0.25) is 4.79 Å². The Morgan fingerprint density at radius 3 is 2.50 bits per heavy atom. The van der Waals surface area contributed by atoms with Gasteiger partial charge in [0, 0.05) is 19.6 Å². The first-order chi connectivity index (χ1) is 9.47. The summed E-state index contributed by atoms with van der Waals surface area (Å²) in [6.07, 6.45) is 1.83. The largest absolute Gasteiger partial charge is 0.464 e. The molecule has 2 N–H and O–H groups in total. The van der Waals surface area contributed by atoms with Crippen molar-refractivity contribution in [1.29, 1.82) is 0 Å². The van der Waals surface area contributed by atoms with Crippen molar-refractivity contribution in [3.05, 3.63) is 23.7 Å². The Labute approximate surface area is 120 Å². The summed E-state index contributed by atoms with van der Waals surface area (Å²) in [5.74, 6) is 1.89. The van der Waals surface area contributed by atoms with Crippen LogP contribution < -0.4 is 5.73 Å². The first-order valence-electron chi connectivity index (χ1n) is 7.16. The van der Waals surface area contributed by atoms with Crippen LogP contribution in [0.25, 0.3) is 0 Å². The van der Waals surface area contributed by atoms with Crippen LogP contribution in [-0.4, -0.2) is 49.4 Å². The van der Waals surface area contributed by atoms with E-state index >= 15 is 0 Å². The molecule has 5 heteroatoms. The summed E-state index contributed by atoms with van der Waals surface area (Å²) < 4.78 is 5.60. The summed E-state index contributed by atoms with van der Waals surface area (Å²) in [6.45, 7) is 4.43. The summed E-state index contributed by atoms with van der Waals surface area (Å²) >= 11 is 0. The molecule has 1 heterocycles. The predicted octanol–water partition coefficient (Wildman–Crippen LogP) is 1.22. The number of furan rings is 1. The highest BCUT2D eigenvalue weighted by atomic mass is 16.3. The van der Waals surface area contributed by atoms with Crippen LogP contribution in [0.4, 0.5) is 0 Å². The lowest BCUT2D eigenvalue weighted by molar-refractivity contribution is -0.137. The van der Waals surface area contributed by atoms with E-state index in [0.29, 0.717) is 19.6 Å². The van der Waals surface area contributed by atoms with Crippen LogP contribution in [-0.2, 0) is 11.3 Å². The van der Waals surface area contributed by atoms with Crippen molar-refractivity contribution >= 4 is 5.91 Å². The quantitative estimate of drug-likeness (QED) is 0.815. The number of nitrogens with two attached hydrogens (primary N) is 1. The molecular formula is C15H25N3O2. The van der Waals surface area contributed by atoms with E-state index < -0.39 is 0 Å².